The maximum Gasteiger partial charge on any atom is 0.237 e. The van der Waals surface area contributed by atoms with Gasteiger partial charge in [0, 0.05) is 24.5 Å². The quantitative estimate of drug-likeness (QED) is 0.673. The molecule has 0 aliphatic rings. The lowest BCUT2D eigenvalue weighted by Gasteiger charge is -2.13. The first-order valence-corrected chi connectivity index (χ1v) is 7.23. The van der Waals surface area contributed by atoms with Crippen molar-refractivity contribution in [1.82, 2.24) is 9.55 Å². The smallest absolute Gasteiger partial charge is 0.237 e. The average molecular weight is 311 g/mol. The standard InChI is InChI=1S/C13H15ClN4OS/c1-8(20-13-16-5-6-18(13)2)12(19)17-11-4-3-9(14)7-10(11)15/h3-8H,15H2,1-2H3,(H,17,19). The highest BCUT2D eigenvalue weighted by Crippen LogP contribution is 2.25. The van der Waals surface area contributed by atoms with Crippen molar-refractivity contribution in [2.24, 2.45) is 7.05 Å². The number of nitrogen functional groups attached to an aromatic ring is 1. The minimum Gasteiger partial charge on any atom is -0.397 e. The molecule has 0 radical (unpaired) electrons. The zero-order valence-electron chi connectivity index (χ0n) is 11.1. The highest BCUT2D eigenvalue weighted by atomic mass is 35.5. The number of rotatable bonds is 4. The number of thioether (sulfide) groups is 1. The summed E-state index contributed by atoms with van der Waals surface area (Å²) in [5, 5.41) is 3.83. The Balaban J connectivity index is 2.02. The zero-order valence-corrected chi connectivity index (χ0v) is 12.7. The minimum atomic E-state index is -0.286. The van der Waals surface area contributed by atoms with Crippen LogP contribution in [0.1, 0.15) is 6.92 Å². The molecule has 0 aliphatic carbocycles. The Morgan fingerprint density at radius 3 is 2.90 bits per heavy atom. The Morgan fingerprint density at radius 2 is 2.30 bits per heavy atom. The van der Waals surface area contributed by atoms with Crippen molar-refractivity contribution in [3.8, 4) is 0 Å². The first kappa shape index (κ1) is 14.7. The van der Waals surface area contributed by atoms with E-state index in [2.05, 4.69) is 10.3 Å². The number of nitrogens with zero attached hydrogens (tertiary/aromatic N) is 2. The summed E-state index contributed by atoms with van der Waals surface area (Å²) in [4.78, 5) is 16.3. The summed E-state index contributed by atoms with van der Waals surface area (Å²) >= 11 is 7.21. The summed E-state index contributed by atoms with van der Waals surface area (Å²) in [6.07, 6.45) is 3.54. The van der Waals surface area contributed by atoms with E-state index in [-0.39, 0.29) is 11.2 Å². The monoisotopic (exact) mass is 310 g/mol. The van der Waals surface area contributed by atoms with Crippen molar-refractivity contribution in [1.29, 1.82) is 0 Å². The number of hydrogen-bond acceptors (Lipinski definition) is 4. The Morgan fingerprint density at radius 1 is 1.55 bits per heavy atom. The molecule has 2 aromatic rings. The van der Waals surface area contributed by atoms with Gasteiger partial charge in [-0.05, 0) is 25.1 Å². The van der Waals surface area contributed by atoms with Crippen molar-refractivity contribution in [3.05, 3.63) is 35.6 Å². The molecule has 7 heteroatoms. The SMILES string of the molecule is CC(Sc1nccn1C)C(=O)Nc1ccc(Cl)cc1N. The molecule has 0 aliphatic heterocycles. The maximum atomic E-state index is 12.1. The maximum absolute atomic E-state index is 12.1. The van der Waals surface area contributed by atoms with Gasteiger partial charge in [0.1, 0.15) is 0 Å². The van der Waals surface area contributed by atoms with Crippen LogP contribution in [-0.2, 0) is 11.8 Å². The highest BCUT2D eigenvalue weighted by molar-refractivity contribution is 8.00. The van der Waals surface area contributed by atoms with Crippen LogP contribution in [0.25, 0.3) is 0 Å². The van der Waals surface area contributed by atoms with E-state index in [1.54, 1.807) is 24.4 Å². The van der Waals surface area contributed by atoms with Crippen molar-refractivity contribution >= 4 is 40.6 Å². The van der Waals surface area contributed by atoms with E-state index in [1.165, 1.54) is 11.8 Å². The number of aryl methyl sites for hydroxylation is 1. The predicted octanol–water partition coefficient (Wildman–Crippen LogP) is 2.77. The van der Waals surface area contributed by atoms with E-state index in [4.69, 9.17) is 17.3 Å². The molecule has 0 bridgehead atoms. The third-order valence-electron chi connectivity index (χ3n) is 2.70. The number of imidazole rings is 1. The van der Waals surface area contributed by atoms with Gasteiger partial charge >= 0.3 is 0 Å². The minimum absolute atomic E-state index is 0.132. The second-order valence-corrected chi connectivity index (χ2v) is 6.05. The fourth-order valence-electron chi connectivity index (χ4n) is 1.56. The zero-order chi connectivity index (χ0) is 14.7. The van der Waals surface area contributed by atoms with Crippen LogP contribution in [0.3, 0.4) is 0 Å². The summed E-state index contributed by atoms with van der Waals surface area (Å²) in [5.74, 6) is -0.132. The lowest BCUT2D eigenvalue weighted by atomic mass is 10.2. The normalized spacial score (nSPS) is 12.2. The van der Waals surface area contributed by atoms with Gasteiger partial charge in [-0.1, -0.05) is 23.4 Å². The molecule has 1 aromatic carbocycles. The summed E-state index contributed by atoms with van der Waals surface area (Å²) in [7, 11) is 1.89. The van der Waals surface area contributed by atoms with E-state index in [1.807, 2.05) is 24.7 Å². The predicted molar refractivity (Wildman–Crippen MR) is 83.0 cm³/mol. The van der Waals surface area contributed by atoms with Crippen LogP contribution < -0.4 is 11.1 Å². The van der Waals surface area contributed by atoms with E-state index in [9.17, 15) is 4.79 Å². The number of carbonyl (C=O) groups excluding carboxylic acids is 1. The van der Waals surface area contributed by atoms with Gasteiger partial charge in [-0.25, -0.2) is 4.98 Å². The fourth-order valence-corrected chi connectivity index (χ4v) is 2.57. The molecule has 5 nitrogen and oxygen atoms in total. The second kappa shape index (κ2) is 6.19. The summed E-state index contributed by atoms with van der Waals surface area (Å²) < 4.78 is 1.87. The molecule has 0 fully saturated rings. The van der Waals surface area contributed by atoms with Gasteiger partial charge in [-0.15, -0.1) is 0 Å². The molecule has 1 amide bonds. The molecule has 0 spiro atoms. The number of amides is 1. The second-order valence-electron chi connectivity index (χ2n) is 4.30. The summed E-state index contributed by atoms with van der Waals surface area (Å²) in [5.41, 5.74) is 6.81. The van der Waals surface area contributed by atoms with Gasteiger partial charge < -0.3 is 15.6 Å². The first-order chi connectivity index (χ1) is 9.47. The Hall–Kier alpha value is -1.66. The molecule has 106 valence electrons. The van der Waals surface area contributed by atoms with Crippen LogP contribution in [0.2, 0.25) is 5.02 Å². The number of nitrogens with two attached hydrogens (primary N) is 1. The van der Waals surface area contributed by atoms with Crippen molar-refractivity contribution in [3.63, 3.8) is 0 Å². The number of nitrogens with one attached hydrogen (secondary N) is 1. The topological polar surface area (TPSA) is 72.9 Å². The molecule has 2 rings (SSSR count). The number of aromatic nitrogens is 2. The van der Waals surface area contributed by atoms with Crippen LogP contribution in [0.15, 0.2) is 35.7 Å². The fraction of sp³-hybridized carbons (Fsp3) is 0.231. The van der Waals surface area contributed by atoms with Gasteiger partial charge in [0.15, 0.2) is 5.16 Å². The molecule has 1 unspecified atom stereocenters. The molecule has 3 N–H and O–H groups in total. The third-order valence-corrected chi connectivity index (χ3v) is 4.11. The number of anilines is 2. The van der Waals surface area contributed by atoms with Crippen LogP contribution in [0.4, 0.5) is 11.4 Å². The van der Waals surface area contributed by atoms with Crippen LogP contribution in [-0.4, -0.2) is 20.7 Å². The lowest BCUT2D eigenvalue weighted by molar-refractivity contribution is -0.115. The first-order valence-electron chi connectivity index (χ1n) is 5.97. The molecular weight excluding hydrogens is 296 g/mol. The molecule has 1 atom stereocenters. The van der Waals surface area contributed by atoms with Crippen LogP contribution in [0.5, 0.6) is 0 Å². The van der Waals surface area contributed by atoms with Gasteiger partial charge in [0.25, 0.3) is 0 Å². The Labute approximate surface area is 126 Å². The summed E-state index contributed by atoms with van der Waals surface area (Å²) in [6.45, 7) is 1.82. The lowest BCUT2D eigenvalue weighted by Crippen LogP contribution is -2.23. The summed E-state index contributed by atoms with van der Waals surface area (Å²) in [6, 6.07) is 4.98. The Bertz CT molecular complexity index is 629. The number of halogens is 1. The third kappa shape index (κ3) is 3.46. The molecular formula is C13H15ClN4OS. The van der Waals surface area contributed by atoms with Gasteiger partial charge in [-0.2, -0.15) is 0 Å². The van der Waals surface area contributed by atoms with Crippen LogP contribution in [0, 0.1) is 0 Å². The van der Waals surface area contributed by atoms with Crippen molar-refractivity contribution < 1.29 is 4.79 Å². The van der Waals surface area contributed by atoms with E-state index in [0.717, 1.165) is 5.16 Å². The average Bonchev–Trinajstić information content (AvgIpc) is 2.78. The van der Waals surface area contributed by atoms with Crippen molar-refractivity contribution in [2.45, 2.75) is 17.3 Å². The Kier molecular flexibility index (Phi) is 4.57. The van der Waals surface area contributed by atoms with Gasteiger partial charge in [0.2, 0.25) is 5.91 Å². The van der Waals surface area contributed by atoms with E-state index >= 15 is 0 Å². The molecule has 0 saturated carbocycles. The van der Waals surface area contributed by atoms with E-state index < -0.39 is 0 Å². The highest BCUT2D eigenvalue weighted by Gasteiger charge is 2.17. The molecule has 20 heavy (non-hydrogen) atoms. The number of hydrogen-bond donors (Lipinski definition) is 2. The van der Waals surface area contributed by atoms with Crippen LogP contribution >= 0.6 is 23.4 Å². The molecule has 1 aromatic heterocycles. The molecule has 0 saturated heterocycles. The van der Waals surface area contributed by atoms with Gasteiger partial charge in [-0.3, -0.25) is 4.79 Å². The largest absolute Gasteiger partial charge is 0.397 e. The molecule has 1 heterocycles. The number of carbonyl (C=O) groups is 1. The van der Waals surface area contributed by atoms with Crippen molar-refractivity contribution in [2.75, 3.05) is 11.1 Å². The van der Waals surface area contributed by atoms with E-state index in [0.29, 0.717) is 16.4 Å². The number of benzene rings is 1. The van der Waals surface area contributed by atoms with Gasteiger partial charge in [0.05, 0.1) is 16.6 Å².